The van der Waals surface area contributed by atoms with E-state index in [1.807, 2.05) is 6.07 Å². The Balaban J connectivity index is 1.28. The number of aryl methyl sites for hydroxylation is 2. The van der Waals surface area contributed by atoms with Gasteiger partial charge < -0.3 is 4.90 Å². The van der Waals surface area contributed by atoms with Gasteiger partial charge in [-0.15, -0.1) is 22.7 Å². The Morgan fingerprint density at radius 3 is 1.74 bits per heavy atom. The maximum absolute atomic E-state index is 12.8. The molecule has 0 unspecified atom stereocenters. The second kappa shape index (κ2) is 9.08. The van der Waals surface area contributed by atoms with Gasteiger partial charge in [-0.25, -0.2) is 9.97 Å². The molecule has 0 atom stereocenters. The topological polar surface area (TPSA) is 63.2 Å². The molecule has 3 aromatic carbocycles. The van der Waals surface area contributed by atoms with Gasteiger partial charge in [-0.2, -0.15) is 0 Å². The number of ketones is 2. The van der Waals surface area contributed by atoms with Crippen LogP contribution >= 0.6 is 22.7 Å². The van der Waals surface area contributed by atoms with Gasteiger partial charge >= 0.3 is 0 Å². The molecule has 0 spiro atoms. The van der Waals surface area contributed by atoms with Gasteiger partial charge in [0.05, 0.1) is 5.57 Å². The van der Waals surface area contributed by atoms with Crippen LogP contribution in [0, 0.1) is 13.8 Å². The number of hydrogen-bond donors (Lipinski definition) is 0. The second-order valence-electron chi connectivity index (χ2n) is 9.64. The third kappa shape index (κ3) is 4.07. The Morgan fingerprint density at radius 2 is 1.18 bits per heavy atom. The normalized spacial score (nSPS) is 12.9. The third-order valence-electron chi connectivity index (χ3n) is 6.87. The fourth-order valence-electron chi connectivity index (χ4n) is 4.85. The van der Waals surface area contributed by atoms with Crippen LogP contribution in [0.3, 0.4) is 0 Å². The van der Waals surface area contributed by atoms with E-state index in [0.29, 0.717) is 0 Å². The first-order chi connectivity index (χ1) is 18.9. The summed E-state index contributed by atoms with van der Waals surface area (Å²) in [5.74, 6) is -0.725. The maximum Gasteiger partial charge on any atom is 0.217 e. The standard InChI is InChI=1S/C32H21N3O2S2/c1-18-3-7-22(8-4-18)35(23-9-5-19(2)6-10-23)28-16-21-15-26-20(14-27(21)39-28)13-24(38-26)17-25-31(36)29-30(32(25)37)34-12-11-33-29/h3-17H,1-2H3. The van der Waals surface area contributed by atoms with Crippen LogP contribution < -0.4 is 4.90 Å². The number of thiophene rings is 2. The molecular formula is C32H21N3O2S2. The third-order valence-corrected chi connectivity index (χ3v) is 9.00. The van der Waals surface area contributed by atoms with E-state index >= 15 is 0 Å². The van der Waals surface area contributed by atoms with Crippen molar-refractivity contribution in [3.63, 3.8) is 0 Å². The molecule has 7 rings (SSSR count). The molecule has 1 aliphatic rings. The molecule has 0 fully saturated rings. The number of aromatic nitrogens is 2. The molecule has 0 saturated heterocycles. The van der Waals surface area contributed by atoms with E-state index < -0.39 is 0 Å². The first-order valence-electron chi connectivity index (χ1n) is 12.5. The van der Waals surface area contributed by atoms with Gasteiger partial charge in [-0.1, -0.05) is 35.4 Å². The summed E-state index contributed by atoms with van der Waals surface area (Å²) in [6.07, 6.45) is 4.55. The first-order valence-corrected chi connectivity index (χ1v) is 14.1. The molecule has 188 valence electrons. The zero-order chi connectivity index (χ0) is 26.7. The predicted molar refractivity (Wildman–Crippen MR) is 160 cm³/mol. The van der Waals surface area contributed by atoms with Crippen LogP contribution in [0.5, 0.6) is 0 Å². The van der Waals surface area contributed by atoms with Gasteiger partial charge in [0.15, 0.2) is 0 Å². The maximum atomic E-state index is 12.8. The number of carbonyl (C=O) groups excluding carboxylic acids is 2. The summed E-state index contributed by atoms with van der Waals surface area (Å²) in [6, 6.07) is 25.8. The molecular weight excluding hydrogens is 523 g/mol. The lowest BCUT2D eigenvalue weighted by molar-refractivity contribution is 0.0988. The van der Waals surface area contributed by atoms with Crippen LogP contribution in [0.25, 0.3) is 26.2 Å². The molecule has 1 aliphatic carbocycles. The van der Waals surface area contributed by atoms with Crippen molar-refractivity contribution in [1.29, 1.82) is 0 Å². The van der Waals surface area contributed by atoms with E-state index in [1.54, 1.807) is 28.7 Å². The number of anilines is 3. The predicted octanol–water partition coefficient (Wildman–Crippen LogP) is 8.46. The van der Waals surface area contributed by atoms with Crippen molar-refractivity contribution in [1.82, 2.24) is 9.97 Å². The molecule has 0 aliphatic heterocycles. The van der Waals surface area contributed by atoms with Gasteiger partial charge in [-0.3, -0.25) is 9.59 Å². The van der Waals surface area contributed by atoms with Crippen molar-refractivity contribution in [3.05, 3.63) is 118 Å². The van der Waals surface area contributed by atoms with E-state index in [1.165, 1.54) is 28.2 Å². The zero-order valence-corrected chi connectivity index (χ0v) is 22.8. The van der Waals surface area contributed by atoms with Crippen molar-refractivity contribution >= 4 is 76.9 Å². The lowest BCUT2D eigenvalue weighted by Gasteiger charge is -2.23. The zero-order valence-electron chi connectivity index (χ0n) is 21.1. The Kier molecular flexibility index (Phi) is 5.50. The molecule has 7 heteroatoms. The van der Waals surface area contributed by atoms with Crippen molar-refractivity contribution in [2.75, 3.05) is 4.90 Å². The van der Waals surface area contributed by atoms with E-state index in [0.717, 1.165) is 36.7 Å². The summed E-state index contributed by atoms with van der Waals surface area (Å²) < 4.78 is 2.27. The average molecular weight is 544 g/mol. The number of nitrogens with zero attached hydrogens (tertiary/aromatic N) is 3. The Morgan fingerprint density at radius 1 is 0.667 bits per heavy atom. The fraction of sp³-hybridized carbons (Fsp3) is 0.0625. The number of fused-ring (bicyclic) bond motifs is 3. The van der Waals surface area contributed by atoms with Gasteiger partial charge in [-0.05, 0) is 79.2 Å². The SMILES string of the molecule is Cc1ccc(N(c2ccc(C)cc2)c2cc3cc4sc(C=C5C(=O)c6nccnc6C5=O)cc4cc3s2)cc1. The van der Waals surface area contributed by atoms with Gasteiger partial charge in [0.25, 0.3) is 0 Å². The minimum Gasteiger partial charge on any atom is -0.302 e. The molecule has 0 saturated carbocycles. The van der Waals surface area contributed by atoms with Gasteiger partial charge in [0.1, 0.15) is 16.4 Å². The quantitative estimate of drug-likeness (QED) is 0.165. The summed E-state index contributed by atoms with van der Waals surface area (Å²) in [7, 11) is 0. The highest BCUT2D eigenvalue weighted by Crippen LogP contribution is 2.43. The minimum absolute atomic E-state index is 0.124. The highest BCUT2D eigenvalue weighted by molar-refractivity contribution is 7.23. The van der Waals surface area contributed by atoms with Crippen LogP contribution in [-0.2, 0) is 0 Å². The molecule has 3 aromatic heterocycles. The molecule has 0 bridgehead atoms. The number of benzene rings is 3. The van der Waals surface area contributed by atoms with Crippen molar-refractivity contribution in [3.8, 4) is 0 Å². The second-order valence-corrected chi connectivity index (χ2v) is 11.8. The molecule has 3 heterocycles. The van der Waals surface area contributed by atoms with Gasteiger partial charge in [0.2, 0.25) is 11.6 Å². The Labute approximate surface area is 232 Å². The number of allylic oxidation sites excluding steroid dienone is 1. The van der Waals surface area contributed by atoms with Crippen molar-refractivity contribution in [2.45, 2.75) is 13.8 Å². The van der Waals surface area contributed by atoms with E-state index in [9.17, 15) is 9.59 Å². The van der Waals surface area contributed by atoms with Crippen LogP contribution in [0.15, 0.2) is 90.8 Å². The lowest BCUT2D eigenvalue weighted by Crippen LogP contribution is -2.08. The minimum atomic E-state index is -0.363. The Bertz CT molecular complexity index is 1830. The van der Waals surface area contributed by atoms with Crippen molar-refractivity contribution in [2.24, 2.45) is 0 Å². The highest BCUT2D eigenvalue weighted by Gasteiger charge is 2.35. The first kappa shape index (κ1) is 23.6. The van der Waals surface area contributed by atoms with Crippen LogP contribution in [0.4, 0.5) is 16.4 Å². The summed E-state index contributed by atoms with van der Waals surface area (Å²) in [5.41, 5.74) is 5.07. The van der Waals surface area contributed by atoms with E-state index in [-0.39, 0.29) is 28.5 Å². The molecule has 0 radical (unpaired) electrons. The summed E-state index contributed by atoms with van der Waals surface area (Å²) in [5, 5.41) is 3.37. The molecule has 5 nitrogen and oxygen atoms in total. The largest absolute Gasteiger partial charge is 0.302 e. The van der Waals surface area contributed by atoms with E-state index in [4.69, 9.17) is 0 Å². The monoisotopic (exact) mass is 543 g/mol. The molecule has 0 amide bonds. The summed E-state index contributed by atoms with van der Waals surface area (Å²) in [6.45, 7) is 4.20. The molecule has 6 aromatic rings. The van der Waals surface area contributed by atoms with Crippen LogP contribution in [0.1, 0.15) is 37.0 Å². The van der Waals surface area contributed by atoms with Crippen LogP contribution in [-0.4, -0.2) is 21.5 Å². The summed E-state index contributed by atoms with van der Waals surface area (Å²) >= 11 is 3.31. The van der Waals surface area contributed by atoms with Crippen molar-refractivity contribution < 1.29 is 9.59 Å². The number of hydrogen-bond acceptors (Lipinski definition) is 7. The average Bonchev–Trinajstić information content (AvgIpc) is 3.60. The molecule has 0 N–H and O–H groups in total. The van der Waals surface area contributed by atoms with E-state index in [2.05, 4.69) is 95.4 Å². The number of Topliss-reactive ketones (excluding diaryl/α,β-unsaturated/α-hetero) is 2. The fourth-order valence-corrected chi connectivity index (χ4v) is 7.03. The van der Waals surface area contributed by atoms with Crippen LogP contribution in [0.2, 0.25) is 0 Å². The van der Waals surface area contributed by atoms with Gasteiger partial charge in [0, 0.05) is 38.0 Å². The highest BCUT2D eigenvalue weighted by atomic mass is 32.1. The Hall–Kier alpha value is -4.46. The lowest BCUT2D eigenvalue weighted by atomic mass is 10.1. The summed E-state index contributed by atoms with van der Waals surface area (Å²) in [4.78, 5) is 36.8. The number of carbonyl (C=O) groups is 2. The smallest absolute Gasteiger partial charge is 0.217 e. The molecule has 39 heavy (non-hydrogen) atoms. The number of rotatable bonds is 4.